The molecule has 0 aliphatic heterocycles. The lowest BCUT2D eigenvalue weighted by atomic mass is 10.0. The molecule has 3 rings (SSSR count). The number of halogens is 6. The lowest BCUT2D eigenvalue weighted by Crippen LogP contribution is -2.26. The molecule has 37 heavy (non-hydrogen) atoms. The molecule has 0 spiro atoms. The Labute approximate surface area is 205 Å². The van der Waals surface area contributed by atoms with Gasteiger partial charge in [-0.05, 0) is 35.9 Å². The first-order valence-corrected chi connectivity index (χ1v) is 11.7. The minimum absolute atomic E-state index is 0.109. The van der Waals surface area contributed by atoms with E-state index in [-0.39, 0.29) is 16.1 Å². The number of nitrogens with two attached hydrogens (primary N) is 1. The van der Waals surface area contributed by atoms with E-state index in [4.69, 9.17) is 15.6 Å². The monoisotopic (exact) mass is 552 g/mol. The van der Waals surface area contributed by atoms with Crippen LogP contribution in [0.25, 0.3) is 16.8 Å². The van der Waals surface area contributed by atoms with Crippen LogP contribution in [0.1, 0.15) is 0 Å². The number of rotatable bonds is 6. The van der Waals surface area contributed by atoms with Crippen LogP contribution in [0.4, 0.5) is 26.3 Å². The summed E-state index contributed by atoms with van der Waals surface area (Å²) in [7, 11) is -3.37. The van der Waals surface area contributed by atoms with Crippen LogP contribution >= 0.6 is 0 Å². The van der Waals surface area contributed by atoms with Crippen molar-refractivity contribution in [2.75, 3.05) is 12.8 Å². The van der Waals surface area contributed by atoms with Crippen molar-refractivity contribution in [2.45, 2.75) is 17.6 Å². The molecule has 0 saturated carbocycles. The zero-order valence-corrected chi connectivity index (χ0v) is 19.5. The van der Waals surface area contributed by atoms with Gasteiger partial charge < -0.3 is 10.8 Å². The van der Waals surface area contributed by atoms with E-state index in [0.717, 1.165) is 27.9 Å². The highest BCUT2D eigenvalue weighted by atomic mass is 32.2. The van der Waals surface area contributed by atoms with Crippen LogP contribution in [-0.2, 0) is 21.2 Å². The van der Waals surface area contributed by atoms with Crippen molar-refractivity contribution in [1.82, 2.24) is 14.3 Å². The molecule has 0 saturated heterocycles. The van der Waals surface area contributed by atoms with Crippen molar-refractivity contribution in [3.8, 4) is 16.8 Å². The maximum atomic E-state index is 14.7. The summed E-state index contributed by atoms with van der Waals surface area (Å²) in [5.74, 6) is -3.41. The predicted molar refractivity (Wildman–Crippen MR) is 118 cm³/mol. The molecule has 3 N–H and O–H groups in total. The fourth-order valence-corrected chi connectivity index (χ4v) is 3.41. The highest BCUT2D eigenvalue weighted by Gasteiger charge is 2.38. The van der Waals surface area contributed by atoms with E-state index in [2.05, 4.69) is 5.10 Å². The summed E-state index contributed by atoms with van der Waals surface area (Å²) >= 11 is 0. The van der Waals surface area contributed by atoms with Gasteiger partial charge in [-0.2, -0.15) is 27.1 Å². The Balaban J connectivity index is 0.000000604. The number of carbonyl (C=O) groups is 1. The van der Waals surface area contributed by atoms with Gasteiger partial charge in [-0.1, -0.05) is 12.1 Å². The molecule has 1 aromatic heterocycles. The summed E-state index contributed by atoms with van der Waals surface area (Å²) in [5, 5.41) is 10.9. The third-order valence-electron chi connectivity index (χ3n) is 4.65. The van der Waals surface area contributed by atoms with Crippen LogP contribution in [0, 0.1) is 5.82 Å². The molecule has 0 amide bonds. The van der Waals surface area contributed by atoms with E-state index in [1.165, 1.54) is 36.4 Å². The molecule has 0 atom stereocenters. The maximum Gasteiger partial charge on any atom is 0.490 e. The van der Waals surface area contributed by atoms with Crippen molar-refractivity contribution < 1.29 is 44.7 Å². The van der Waals surface area contributed by atoms with Gasteiger partial charge in [0.1, 0.15) is 12.1 Å². The van der Waals surface area contributed by atoms with Crippen LogP contribution in [0.3, 0.4) is 0 Å². The summed E-state index contributed by atoms with van der Waals surface area (Å²) in [6.07, 6.45) is -4.89. The lowest BCUT2D eigenvalue weighted by Gasteiger charge is -2.07. The van der Waals surface area contributed by atoms with E-state index < -0.39 is 58.2 Å². The molecule has 200 valence electrons. The number of carboxylic acids is 1. The van der Waals surface area contributed by atoms with Gasteiger partial charge in [0, 0.05) is 23.9 Å². The topological polar surface area (TPSA) is 137 Å². The predicted octanol–water partition coefficient (Wildman–Crippen LogP) is 2.99. The average molecular weight is 552 g/mol. The van der Waals surface area contributed by atoms with Gasteiger partial charge in [0.15, 0.2) is 9.84 Å². The van der Waals surface area contributed by atoms with Crippen molar-refractivity contribution in [2.24, 2.45) is 5.73 Å². The molecule has 0 radical (unpaired) electrons. The number of hydrogen-bond acceptors (Lipinski definition) is 6. The average Bonchev–Trinajstić information content (AvgIpc) is 3.16. The molecule has 0 bridgehead atoms. The first kappa shape index (κ1) is 29.3. The molecule has 9 nitrogen and oxygen atoms in total. The van der Waals surface area contributed by atoms with Crippen molar-refractivity contribution in [1.29, 1.82) is 0 Å². The zero-order chi connectivity index (χ0) is 28.1. The summed E-state index contributed by atoms with van der Waals surface area (Å²) in [5.41, 5.74) is 4.89. The van der Waals surface area contributed by atoms with Gasteiger partial charge in [-0.3, -0.25) is 0 Å². The van der Waals surface area contributed by atoms with E-state index in [1.54, 1.807) is 0 Å². The van der Waals surface area contributed by atoms with E-state index in [1.807, 2.05) is 0 Å². The zero-order valence-electron chi connectivity index (χ0n) is 18.7. The largest absolute Gasteiger partial charge is 0.490 e. The number of hydrogen-bond donors (Lipinski definition) is 2. The summed E-state index contributed by atoms with van der Waals surface area (Å²) < 4.78 is 96.8. The maximum absolute atomic E-state index is 14.7. The molecule has 0 aliphatic rings. The highest BCUT2D eigenvalue weighted by Crippen LogP contribution is 2.26. The molecule has 2 aromatic carbocycles. The Kier molecular flexibility index (Phi) is 9.05. The standard InChI is InChI=1S/C19H17F3N4O3S.C2HF3O2/c1-30(28,29)15-5-2-12(3-6-15)16-7-4-14(8-17(16)20)25-11-24-26(19(25)27)10-13(9-23)18(21)22;3-2(4,5)1(6)7/h2-8,11H,9-10,23H2,1H3;(H,6,7). The second kappa shape index (κ2) is 11.4. The number of aliphatic carboxylic acids is 1. The van der Waals surface area contributed by atoms with E-state index in [0.29, 0.717) is 5.56 Å². The summed E-state index contributed by atoms with van der Waals surface area (Å²) in [6.45, 7) is -0.902. The van der Waals surface area contributed by atoms with Gasteiger partial charge in [0.05, 0.1) is 17.1 Å². The van der Waals surface area contributed by atoms with Gasteiger partial charge in [-0.15, -0.1) is 0 Å². The summed E-state index contributed by atoms with van der Waals surface area (Å²) in [4.78, 5) is 21.4. The van der Waals surface area contributed by atoms with Crippen LogP contribution in [0.2, 0.25) is 0 Å². The second-order valence-corrected chi connectivity index (χ2v) is 9.29. The Morgan fingerprint density at radius 3 is 2.11 bits per heavy atom. The molecular weight excluding hydrogens is 534 g/mol. The van der Waals surface area contributed by atoms with Gasteiger partial charge in [-0.25, -0.2) is 31.6 Å². The first-order chi connectivity index (χ1) is 17.1. The fourth-order valence-electron chi connectivity index (χ4n) is 2.77. The molecular formula is C21H18F6N4O5S. The van der Waals surface area contributed by atoms with Gasteiger partial charge >= 0.3 is 17.8 Å². The van der Waals surface area contributed by atoms with Crippen molar-refractivity contribution >= 4 is 15.8 Å². The number of alkyl halides is 3. The number of benzene rings is 2. The summed E-state index contributed by atoms with van der Waals surface area (Å²) in [6, 6.07) is 9.69. The Morgan fingerprint density at radius 2 is 1.68 bits per heavy atom. The van der Waals surface area contributed by atoms with Gasteiger partial charge in [0.25, 0.3) is 6.08 Å². The quantitative estimate of drug-likeness (QED) is 0.449. The molecule has 3 aromatic rings. The number of sulfone groups is 1. The fraction of sp³-hybridized carbons (Fsp3) is 0.190. The van der Waals surface area contributed by atoms with Gasteiger partial charge in [0.2, 0.25) is 0 Å². The smallest absolute Gasteiger partial charge is 0.475 e. The minimum atomic E-state index is -5.08. The van der Waals surface area contributed by atoms with Crippen LogP contribution in [-0.4, -0.2) is 52.8 Å². The van der Waals surface area contributed by atoms with E-state index in [9.17, 15) is 39.6 Å². The number of nitrogens with zero attached hydrogens (tertiary/aromatic N) is 3. The van der Waals surface area contributed by atoms with Crippen molar-refractivity contribution in [3.63, 3.8) is 0 Å². The Hall–Kier alpha value is -3.92. The van der Waals surface area contributed by atoms with Crippen molar-refractivity contribution in [3.05, 3.63) is 76.7 Å². The van der Waals surface area contributed by atoms with Crippen LogP contribution in [0.15, 0.2) is 70.1 Å². The minimum Gasteiger partial charge on any atom is -0.475 e. The molecule has 0 fully saturated rings. The van der Waals surface area contributed by atoms with Crippen LogP contribution < -0.4 is 11.4 Å². The molecule has 1 heterocycles. The Morgan fingerprint density at radius 1 is 1.11 bits per heavy atom. The lowest BCUT2D eigenvalue weighted by molar-refractivity contribution is -0.192. The van der Waals surface area contributed by atoms with E-state index >= 15 is 0 Å². The molecule has 0 unspecified atom stereocenters. The third kappa shape index (κ3) is 7.53. The first-order valence-electron chi connectivity index (χ1n) is 9.84. The molecule has 16 heteroatoms. The molecule has 0 aliphatic carbocycles. The normalized spacial score (nSPS) is 11.5. The SMILES string of the molecule is CS(=O)(=O)c1ccc(-c2ccc(-n3cnn(CC(CN)=C(F)F)c3=O)cc2F)cc1.O=C(O)C(F)(F)F. The Bertz CT molecular complexity index is 1470. The third-order valence-corrected chi connectivity index (χ3v) is 5.78. The number of aromatic nitrogens is 3. The highest BCUT2D eigenvalue weighted by molar-refractivity contribution is 7.90. The van der Waals surface area contributed by atoms with Crippen LogP contribution in [0.5, 0.6) is 0 Å². The second-order valence-electron chi connectivity index (χ2n) is 7.27. The number of carboxylic acid groups (broad SMARTS) is 1.